The Morgan fingerprint density at radius 1 is 1.17 bits per heavy atom. The van der Waals surface area contributed by atoms with Crippen LogP contribution < -0.4 is 11.5 Å². The standard InChI is InChI=1S/C16H26N4O4/c1-10(2)14(23)20-8-3-6-16(20)7-9-19(15(16)24)11(13(18)22)4-5-12(17)21/h10-11H,3-9H2,1-2H3,(H2,17,21)(H2,18,22)/t11-,16?/m0/s1. The number of carbonyl (C=O) groups is 4. The Morgan fingerprint density at radius 3 is 2.38 bits per heavy atom. The average Bonchev–Trinajstić information content (AvgIpc) is 3.05. The number of rotatable bonds is 6. The molecule has 0 aromatic carbocycles. The average molecular weight is 338 g/mol. The molecule has 2 aliphatic rings. The summed E-state index contributed by atoms with van der Waals surface area (Å²) in [5.74, 6) is -1.66. The summed E-state index contributed by atoms with van der Waals surface area (Å²) in [5.41, 5.74) is 9.71. The number of nitrogens with zero attached hydrogens (tertiary/aromatic N) is 2. The maximum absolute atomic E-state index is 13.1. The van der Waals surface area contributed by atoms with Crippen LogP contribution in [0.25, 0.3) is 0 Å². The molecule has 8 nitrogen and oxygen atoms in total. The first-order valence-corrected chi connectivity index (χ1v) is 8.41. The second-order valence-corrected chi connectivity index (χ2v) is 6.95. The molecule has 2 fully saturated rings. The highest BCUT2D eigenvalue weighted by Gasteiger charge is 2.56. The predicted octanol–water partition coefficient (Wildman–Crippen LogP) is -0.645. The van der Waals surface area contributed by atoms with Crippen LogP contribution in [0.2, 0.25) is 0 Å². The smallest absolute Gasteiger partial charge is 0.249 e. The van der Waals surface area contributed by atoms with Gasteiger partial charge in [0, 0.05) is 25.4 Å². The summed E-state index contributed by atoms with van der Waals surface area (Å²) < 4.78 is 0. The first-order valence-electron chi connectivity index (χ1n) is 8.41. The van der Waals surface area contributed by atoms with Gasteiger partial charge in [-0.3, -0.25) is 19.2 Å². The largest absolute Gasteiger partial charge is 0.370 e. The van der Waals surface area contributed by atoms with Gasteiger partial charge < -0.3 is 21.3 Å². The lowest BCUT2D eigenvalue weighted by molar-refractivity contribution is -0.150. The normalized spacial score (nSPS) is 24.9. The molecule has 0 saturated carbocycles. The molecule has 1 unspecified atom stereocenters. The van der Waals surface area contributed by atoms with E-state index in [-0.39, 0.29) is 30.6 Å². The van der Waals surface area contributed by atoms with E-state index in [9.17, 15) is 19.2 Å². The Hall–Kier alpha value is -2.12. The zero-order valence-corrected chi connectivity index (χ0v) is 14.3. The van der Waals surface area contributed by atoms with Crippen molar-refractivity contribution in [2.75, 3.05) is 13.1 Å². The molecule has 0 radical (unpaired) electrons. The maximum Gasteiger partial charge on any atom is 0.249 e. The molecule has 0 bridgehead atoms. The Labute approximate surface area is 141 Å². The van der Waals surface area contributed by atoms with Gasteiger partial charge in [-0.15, -0.1) is 0 Å². The van der Waals surface area contributed by atoms with Gasteiger partial charge in [0.1, 0.15) is 11.6 Å². The molecular weight excluding hydrogens is 312 g/mol. The Bertz CT molecular complexity index is 562. The maximum atomic E-state index is 13.1. The highest BCUT2D eigenvalue weighted by molar-refractivity contribution is 5.97. The molecule has 2 heterocycles. The van der Waals surface area contributed by atoms with Gasteiger partial charge in [-0.25, -0.2) is 0 Å². The van der Waals surface area contributed by atoms with Crippen molar-refractivity contribution in [1.29, 1.82) is 0 Å². The number of amides is 4. The number of hydrogen-bond donors (Lipinski definition) is 2. The van der Waals surface area contributed by atoms with Crippen molar-refractivity contribution in [3.8, 4) is 0 Å². The van der Waals surface area contributed by atoms with E-state index in [0.717, 1.165) is 6.42 Å². The summed E-state index contributed by atoms with van der Waals surface area (Å²) >= 11 is 0. The summed E-state index contributed by atoms with van der Waals surface area (Å²) in [6.45, 7) is 4.53. The van der Waals surface area contributed by atoms with E-state index in [0.29, 0.717) is 25.9 Å². The molecule has 4 amide bonds. The molecule has 1 spiro atoms. The van der Waals surface area contributed by atoms with Crippen LogP contribution in [-0.2, 0) is 19.2 Å². The topological polar surface area (TPSA) is 127 Å². The van der Waals surface area contributed by atoms with E-state index in [1.807, 2.05) is 13.8 Å². The number of likely N-dealkylation sites (tertiary alicyclic amines) is 2. The molecule has 24 heavy (non-hydrogen) atoms. The van der Waals surface area contributed by atoms with Crippen molar-refractivity contribution in [1.82, 2.24) is 9.80 Å². The van der Waals surface area contributed by atoms with Crippen molar-refractivity contribution >= 4 is 23.6 Å². The van der Waals surface area contributed by atoms with Crippen molar-refractivity contribution in [3.05, 3.63) is 0 Å². The van der Waals surface area contributed by atoms with Gasteiger partial charge in [0.25, 0.3) is 0 Å². The van der Waals surface area contributed by atoms with Crippen molar-refractivity contribution in [2.45, 2.75) is 57.5 Å². The van der Waals surface area contributed by atoms with E-state index < -0.39 is 23.4 Å². The van der Waals surface area contributed by atoms with Crippen LogP contribution in [-0.4, -0.2) is 58.1 Å². The van der Waals surface area contributed by atoms with E-state index in [1.54, 1.807) is 4.90 Å². The number of carbonyl (C=O) groups excluding carboxylic acids is 4. The molecule has 0 aromatic heterocycles. The van der Waals surface area contributed by atoms with Crippen molar-refractivity contribution in [3.63, 3.8) is 0 Å². The third-order valence-electron chi connectivity index (χ3n) is 5.04. The first-order chi connectivity index (χ1) is 11.2. The SMILES string of the molecule is CC(C)C(=O)N1CCCC12CCN([C@@H](CCC(N)=O)C(N)=O)C2=O. The van der Waals surface area contributed by atoms with E-state index in [2.05, 4.69) is 0 Å². The fourth-order valence-corrected chi connectivity index (χ4v) is 3.80. The summed E-state index contributed by atoms with van der Waals surface area (Å²) in [6.07, 6.45) is 1.96. The van der Waals surface area contributed by atoms with E-state index >= 15 is 0 Å². The van der Waals surface area contributed by atoms with Crippen LogP contribution >= 0.6 is 0 Å². The second-order valence-electron chi connectivity index (χ2n) is 6.95. The summed E-state index contributed by atoms with van der Waals surface area (Å²) in [6, 6.07) is -0.860. The molecule has 0 aromatic rings. The summed E-state index contributed by atoms with van der Waals surface area (Å²) in [7, 11) is 0. The third kappa shape index (κ3) is 3.09. The number of hydrogen-bond acceptors (Lipinski definition) is 4. The van der Waals surface area contributed by atoms with Gasteiger partial charge in [-0.1, -0.05) is 13.8 Å². The van der Waals surface area contributed by atoms with Gasteiger partial charge >= 0.3 is 0 Å². The molecule has 2 saturated heterocycles. The lowest BCUT2D eigenvalue weighted by Crippen LogP contribution is -2.56. The summed E-state index contributed by atoms with van der Waals surface area (Å²) in [4.78, 5) is 51.4. The Morgan fingerprint density at radius 2 is 1.83 bits per heavy atom. The molecule has 4 N–H and O–H groups in total. The van der Waals surface area contributed by atoms with Crippen LogP contribution in [0.5, 0.6) is 0 Å². The molecular formula is C16H26N4O4. The van der Waals surface area contributed by atoms with Crippen LogP contribution in [0, 0.1) is 5.92 Å². The van der Waals surface area contributed by atoms with Crippen LogP contribution in [0.4, 0.5) is 0 Å². The molecule has 2 aliphatic heterocycles. The minimum Gasteiger partial charge on any atom is -0.370 e. The van der Waals surface area contributed by atoms with Gasteiger partial charge in [0.05, 0.1) is 0 Å². The van der Waals surface area contributed by atoms with Crippen LogP contribution in [0.15, 0.2) is 0 Å². The quantitative estimate of drug-likeness (QED) is 0.667. The minimum absolute atomic E-state index is 0.0149. The highest BCUT2D eigenvalue weighted by atomic mass is 16.2. The molecule has 2 atom stereocenters. The van der Waals surface area contributed by atoms with Gasteiger partial charge in [-0.05, 0) is 25.7 Å². The first kappa shape index (κ1) is 18.2. The lowest BCUT2D eigenvalue weighted by atomic mass is 9.93. The summed E-state index contributed by atoms with van der Waals surface area (Å²) in [5, 5.41) is 0. The van der Waals surface area contributed by atoms with Gasteiger partial charge in [0.15, 0.2) is 0 Å². The highest BCUT2D eigenvalue weighted by Crippen LogP contribution is 2.40. The van der Waals surface area contributed by atoms with Gasteiger partial charge in [-0.2, -0.15) is 0 Å². The van der Waals surface area contributed by atoms with Gasteiger partial charge in [0.2, 0.25) is 23.6 Å². The fraction of sp³-hybridized carbons (Fsp3) is 0.750. The minimum atomic E-state index is -0.860. The van der Waals surface area contributed by atoms with E-state index in [1.165, 1.54) is 4.90 Å². The second kappa shape index (κ2) is 6.78. The Kier molecular flexibility index (Phi) is 5.15. The number of primary amides is 2. The molecule has 134 valence electrons. The van der Waals surface area contributed by atoms with Crippen LogP contribution in [0.3, 0.4) is 0 Å². The fourth-order valence-electron chi connectivity index (χ4n) is 3.80. The predicted molar refractivity (Wildman–Crippen MR) is 86.3 cm³/mol. The zero-order valence-electron chi connectivity index (χ0n) is 14.3. The molecule has 8 heteroatoms. The molecule has 2 rings (SSSR count). The Balaban J connectivity index is 2.22. The number of nitrogens with two attached hydrogens (primary N) is 2. The van der Waals surface area contributed by atoms with Crippen molar-refractivity contribution < 1.29 is 19.2 Å². The molecule has 0 aliphatic carbocycles. The zero-order chi connectivity index (χ0) is 18.1. The monoisotopic (exact) mass is 338 g/mol. The third-order valence-corrected chi connectivity index (χ3v) is 5.04. The van der Waals surface area contributed by atoms with Crippen LogP contribution in [0.1, 0.15) is 46.0 Å². The lowest BCUT2D eigenvalue weighted by Gasteiger charge is -2.35. The van der Waals surface area contributed by atoms with Crippen molar-refractivity contribution in [2.24, 2.45) is 17.4 Å². The van der Waals surface area contributed by atoms with E-state index in [4.69, 9.17) is 11.5 Å².